The van der Waals surface area contributed by atoms with Crippen molar-refractivity contribution in [2.24, 2.45) is 0 Å². The van der Waals surface area contributed by atoms with E-state index in [9.17, 15) is 9.59 Å². The highest BCUT2D eigenvalue weighted by atomic mass is 16.4. The molecule has 1 heterocycles. The molecule has 0 fully saturated rings. The molecule has 1 amide bonds. The predicted octanol–water partition coefficient (Wildman–Crippen LogP) is 1.24. The van der Waals surface area contributed by atoms with Gasteiger partial charge in [0.25, 0.3) is 5.91 Å². The summed E-state index contributed by atoms with van der Waals surface area (Å²) in [5.74, 6) is -0.981. The lowest BCUT2D eigenvalue weighted by Crippen LogP contribution is -2.41. The van der Waals surface area contributed by atoms with Crippen LogP contribution in [0.4, 0.5) is 0 Å². The third kappa shape index (κ3) is 4.17. The molecule has 0 radical (unpaired) electrons. The van der Waals surface area contributed by atoms with Gasteiger partial charge < -0.3 is 10.4 Å². The molecule has 0 saturated carbocycles. The van der Waals surface area contributed by atoms with Crippen molar-refractivity contribution in [3.05, 3.63) is 35.9 Å². The molecule has 0 spiro atoms. The summed E-state index contributed by atoms with van der Waals surface area (Å²) in [7, 11) is 0. The molecular formula is C13H17N3O3. The summed E-state index contributed by atoms with van der Waals surface area (Å²) in [4.78, 5) is 31.0. The number of hydrogen-bond acceptors (Lipinski definition) is 4. The number of amides is 1. The molecule has 6 heteroatoms. The number of carbonyl (C=O) groups is 2. The Bertz CT molecular complexity index is 500. The van der Waals surface area contributed by atoms with E-state index in [-0.39, 0.29) is 5.56 Å². The summed E-state index contributed by atoms with van der Waals surface area (Å²) in [6.07, 6.45) is 3.83. The van der Waals surface area contributed by atoms with E-state index in [1.165, 1.54) is 6.20 Å². The van der Waals surface area contributed by atoms with E-state index in [2.05, 4.69) is 21.9 Å². The molecule has 0 aliphatic rings. The van der Waals surface area contributed by atoms with Crippen LogP contribution < -0.4 is 5.32 Å². The summed E-state index contributed by atoms with van der Waals surface area (Å²) in [5.41, 5.74) is 0.813. The molecular weight excluding hydrogens is 246 g/mol. The number of carboxylic acid groups (broad SMARTS) is 1. The van der Waals surface area contributed by atoms with Crippen LogP contribution in [0.5, 0.6) is 0 Å². The van der Waals surface area contributed by atoms with Gasteiger partial charge in [0, 0.05) is 6.20 Å². The van der Waals surface area contributed by atoms with Crippen LogP contribution in [0.1, 0.15) is 34.7 Å². The van der Waals surface area contributed by atoms with Gasteiger partial charge in [-0.25, -0.2) is 14.8 Å². The van der Waals surface area contributed by atoms with Gasteiger partial charge in [-0.05, 0) is 26.7 Å². The third-order valence-corrected chi connectivity index (χ3v) is 2.61. The highest BCUT2D eigenvalue weighted by molar-refractivity contribution is 5.97. The number of nitrogens with zero attached hydrogens (tertiary/aromatic N) is 2. The fourth-order valence-corrected chi connectivity index (χ4v) is 1.58. The first-order valence-corrected chi connectivity index (χ1v) is 5.90. The van der Waals surface area contributed by atoms with Gasteiger partial charge in [-0.3, -0.25) is 4.79 Å². The first kappa shape index (κ1) is 14.8. The smallest absolute Gasteiger partial charge is 0.326 e. The van der Waals surface area contributed by atoms with Crippen molar-refractivity contribution in [1.82, 2.24) is 15.3 Å². The zero-order chi connectivity index (χ0) is 14.4. The second-order valence-corrected chi connectivity index (χ2v) is 4.15. The highest BCUT2D eigenvalue weighted by Crippen LogP contribution is 2.06. The Labute approximate surface area is 111 Å². The van der Waals surface area contributed by atoms with Crippen molar-refractivity contribution in [3.8, 4) is 0 Å². The Morgan fingerprint density at radius 1 is 1.53 bits per heavy atom. The predicted molar refractivity (Wildman–Crippen MR) is 69.8 cm³/mol. The van der Waals surface area contributed by atoms with Crippen molar-refractivity contribution < 1.29 is 14.7 Å². The van der Waals surface area contributed by atoms with Gasteiger partial charge >= 0.3 is 5.97 Å². The van der Waals surface area contributed by atoms with E-state index >= 15 is 0 Å². The summed E-state index contributed by atoms with van der Waals surface area (Å²) in [6.45, 7) is 6.93. The molecule has 6 nitrogen and oxygen atoms in total. The molecule has 1 rings (SSSR count). The molecule has 1 unspecified atom stereocenters. The molecule has 1 atom stereocenters. The molecule has 1 aromatic rings. The molecule has 0 bridgehead atoms. The van der Waals surface area contributed by atoms with Crippen LogP contribution in [0.25, 0.3) is 0 Å². The van der Waals surface area contributed by atoms with Gasteiger partial charge in [0.15, 0.2) is 0 Å². The fraction of sp³-hybridized carbons (Fsp3) is 0.385. The largest absolute Gasteiger partial charge is 0.480 e. The molecule has 0 aliphatic heterocycles. The van der Waals surface area contributed by atoms with Crippen LogP contribution in [-0.2, 0) is 4.79 Å². The fourth-order valence-electron chi connectivity index (χ4n) is 1.58. The normalized spacial score (nSPS) is 11.7. The van der Waals surface area contributed by atoms with Crippen molar-refractivity contribution in [2.75, 3.05) is 0 Å². The molecule has 2 N–H and O–H groups in total. The van der Waals surface area contributed by atoms with Crippen LogP contribution in [0.15, 0.2) is 18.9 Å². The molecule has 0 saturated heterocycles. The molecule has 102 valence electrons. The molecule has 0 aliphatic carbocycles. The standard InChI is InChI=1S/C13H17N3O3/c1-4-5-6-11(13(18)19)16-12(17)10-7-14-9(3)15-8(10)2/h4,7,11H,1,5-6H2,2-3H3,(H,16,17)(H,18,19). The zero-order valence-corrected chi connectivity index (χ0v) is 11.0. The van der Waals surface area contributed by atoms with Crippen LogP contribution in [0, 0.1) is 13.8 Å². The van der Waals surface area contributed by atoms with Crippen molar-refractivity contribution in [1.29, 1.82) is 0 Å². The van der Waals surface area contributed by atoms with Crippen molar-refractivity contribution in [3.63, 3.8) is 0 Å². The van der Waals surface area contributed by atoms with Gasteiger partial charge in [-0.2, -0.15) is 0 Å². The minimum atomic E-state index is -1.07. The Morgan fingerprint density at radius 3 is 2.74 bits per heavy atom. The average molecular weight is 263 g/mol. The van der Waals surface area contributed by atoms with Gasteiger partial charge in [0.1, 0.15) is 11.9 Å². The number of nitrogens with one attached hydrogen (secondary N) is 1. The Hall–Kier alpha value is -2.24. The van der Waals surface area contributed by atoms with Crippen LogP contribution in [-0.4, -0.2) is 33.0 Å². The number of aliphatic carboxylic acids is 1. The maximum atomic E-state index is 12.0. The van der Waals surface area contributed by atoms with E-state index in [0.717, 1.165) is 0 Å². The minimum absolute atomic E-state index is 0.287. The number of allylic oxidation sites excluding steroid dienone is 1. The number of carboxylic acids is 1. The number of carbonyl (C=O) groups excluding carboxylic acids is 1. The molecule has 1 aromatic heterocycles. The Balaban J connectivity index is 2.81. The van der Waals surface area contributed by atoms with E-state index in [1.54, 1.807) is 19.9 Å². The van der Waals surface area contributed by atoms with Crippen molar-refractivity contribution in [2.45, 2.75) is 32.7 Å². The topological polar surface area (TPSA) is 92.2 Å². The van der Waals surface area contributed by atoms with Crippen molar-refractivity contribution >= 4 is 11.9 Å². The zero-order valence-electron chi connectivity index (χ0n) is 11.0. The summed E-state index contributed by atoms with van der Waals surface area (Å²) < 4.78 is 0. The van der Waals surface area contributed by atoms with Gasteiger partial charge in [0.2, 0.25) is 0 Å². The highest BCUT2D eigenvalue weighted by Gasteiger charge is 2.21. The third-order valence-electron chi connectivity index (χ3n) is 2.61. The van der Waals surface area contributed by atoms with E-state index < -0.39 is 17.9 Å². The van der Waals surface area contributed by atoms with E-state index in [4.69, 9.17) is 5.11 Å². The first-order chi connectivity index (χ1) is 8.95. The number of aromatic nitrogens is 2. The lowest BCUT2D eigenvalue weighted by Gasteiger charge is -2.14. The molecule has 19 heavy (non-hydrogen) atoms. The van der Waals surface area contributed by atoms with E-state index in [1.807, 2.05) is 0 Å². The Morgan fingerprint density at radius 2 is 2.21 bits per heavy atom. The van der Waals surface area contributed by atoms with Crippen LogP contribution in [0.3, 0.4) is 0 Å². The maximum Gasteiger partial charge on any atom is 0.326 e. The number of aryl methyl sites for hydroxylation is 2. The monoisotopic (exact) mass is 263 g/mol. The maximum absolute atomic E-state index is 12.0. The summed E-state index contributed by atoms with van der Waals surface area (Å²) in [6, 6.07) is -0.939. The summed E-state index contributed by atoms with van der Waals surface area (Å²) in [5, 5.41) is 11.5. The van der Waals surface area contributed by atoms with Gasteiger partial charge in [-0.1, -0.05) is 6.08 Å². The minimum Gasteiger partial charge on any atom is -0.480 e. The Kier molecular flexibility index (Phi) is 5.17. The number of rotatable bonds is 6. The SMILES string of the molecule is C=CCCC(NC(=O)c1cnc(C)nc1C)C(=O)O. The average Bonchev–Trinajstić information content (AvgIpc) is 2.33. The van der Waals surface area contributed by atoms with Gasteiger partial charge in [0.05, 0.1) is 11.3 Å². The first-order valence-electron chi connectivity index (χ1n) is 5.90. The van der Waals surface area contributed by atoms with Crippen LogP contribution >= 0.6 is 0 Å². The number of hydrogen-bond donors (Lipinski definition) is 2. The quantitative estimate of drug-likeness (QED) is 0.753. The van der Waals surface area contributed by atoms with Gasteiger partial charge in [-0.15, -0.1) is 6.58 Å². The second kappa shape index (κ2) is 6.63. The molecule has 0 aromatic carbocycles. The lowest BCUT2D eigenvalue weighted by molar-refractivity contribution is -0.139. The summed E-state index contributed by atoms with van der Waals surface area (Å²) >= 11 is 0. The van der Waals surface area contributed by atoms with Crippen LogP contribution in [0.2, 0.25) is 0 Å². The van der Waals surface area contributed by atoms with E-state index in [0.29, 0.717) is 24.4 Å². The second-order valence-electron chi connectivity index (χ2n) is 4.15. The lowest BCUT2D eigenvalue weighted by atomic mass is 10.1.